The van der Waals surface area contributed by atoms with E-state index in [0.717, 1.165) is 12.0 Å². The Bertz CT molecular complexity index is 694. The summed E-state index contributed by atoms with van der Waals surface area (Å²) in [5.74, 6) is 0.370. The fourth-order valence-electron chi connectivity index (χ4n) is 2.65. The Kier molecular flexibility index (Phi) is 3.71. The van der Waals surface area contributed by atoms with Crippen molar-refractivity contribution in [2.75, 3.05) is 6.54 Å². The van der Waals surface area contributed by atoms with E-state index in [1.165, 1.54) is 11.1 Å². The molecule has 3 rings (SSSR count). The normalized spacial score (nSPS) is 15.7. The van der Waals surface area contributed by atoms with Crippen molar-refractivity contribution in [1.82, 2.24) is 5.32 Å². The average Bonchev–Trinajstić information content (AvgIpc) is 2.48. The highest BCUT2D eigenvalue weighted by molar-refractivity contribution is 7.80. The number of nitrogens with one attached hydrogen (secondary N) is 1. The highest BCUT2D eigenvalue weighted by Crippen LogP contribution is 2.33. The standard InChI is InChI=1S/C17H16N2OS/c18-16(21)11-5-7-12(8-6-11)17(20)19-10-14-9-13-3-1-2-4-15(13)14/h1-8,14H,9-10H2,(H2,18,21)(H,19,20). The maximum atomic E-state index is 12.1. The lowest BCUT2D eigenvalue weighted by atomic mass is 9.77. The zero-order valence-electron chi connectivity index (χ0n) is 11.5. The van der Waals surface area contributed by atoms with Gasteiger partial charge >= 0.3 is 0 Å². The molecule has 21 heavy (non-hydrogen) atoms. The average molecular weight is 296 g/mol. The minimum absolute atomic E-state index is 0.0612. The number of carbonyl (C=O) groups excluding carboxylic acids is 1. The summed E-state index contributed by atoms with van der Waals surface area (Å²) in [6, 6.07) is 15.4. The van der Waals surface area contributed by atoms with Crippen molar-refractivity contribution >= 4 is 23.1 Å². The fourth-order valence-corrected chi connectivity index (χ4v) is 2.78. The molecule has 4 heteroatoms. The van der Waals surface area contributed by atoms with Crippen LogP contribution in [0.2, 0.25) is 0 Å². The molecule has 0 saturated heterocycles. The number of rotatable bonds is 4. The maximum Gasteiger partial charge on any atom is 0.251 e. The van der Waals surface area contributed by atoms with Crippen LogP contribution < -0.4 is 11.1 Å². The molecule has 0 aliphatic heterocycles. The van der Waals surface area contributed by atoms with Gasteiger partial charge in [-0.15, -0.1) is 0 Å². The van der Waals surface area contributed by atoms with E-state index in [4.69, 9.17) is 18.0 Å². The smallest absolute Gasteiger partial charge is 0.251 e. The topological polar surface area (TPSA) is 55.1 Å². The third-order valence-corrected chi connectivity index (χ3v) is 4.14. The lowest BCUT2D eigenvalue weighted by Gasteiger charge is -2.30. The van der Waals surface area contributed by atoms with E-state index >= 15 is 0 Å². The molecule has 1 amide bonds. The molecule has 3 nitrogen and oxygen atoms in total. The Hall–Kier alpha value is -2.20. The molecule has 2 aromatic carbocycles. The monoisotopic (exact) mass is 296 g/mol. The fraction of sp³-hybridized carbons (Fsp3) is 0.176. The van der Waals surface area contributed by atoms with E-state index in [-0.39, 0.29) is 5.91 Å². The summed E-state index contributed by atoms with van der Waals surface area (Å²) in [5, 5.41) is 2.99. The van der Waals surface area contributed by atoms with Gasteiger partial charge in [0.2, 0.25) is 0 Å². The van der Waals surface area contributed by atoms with Crippen LogP contribution in [0.25, 0.3) is 0 Å². The Labute approximate surface area is 129 Å². The largest absolute Gasteiger partial charge is 0.389 e. The number of hydrogen-bond acceptors (Lipinski definition) is 2. The molecule has 0 saturated carbocycles. The Morgan fingerprint density at radius 1 is 1.14 bits per heavy atom. The summed E-state index contributed by atoms with van der Waals surface area (Å²) < 4.78 is 0. The molecule has 0 spiro atoms. The molecule has 3 N–H and O–H groups in total. The molecule has 0 heterocycles. The van der Waals surface area contributed by atoms with Crippen molar-refractivity contribution < 1.29 is 4.79 Å². The van der Waals surface area contributed by atoms with Crippen LogP contribution in [-0.2, 0) is 6.42 Å². The summed E-state index contributed by atoms with van der Waals surface area (Å²) in [4.78, 5) is 12.4. The minimum Gasteiger partial charge on any atom is -0.389 e. The molecule has 1 atom stereocenters. The van der Waals surface area contributed by atoms with E-state index in [1.807, 2.05) is 6.07 Å². The molecule has 106 valence electrons. The van der Waals surface area contributed by atoms with Crippen LogP contribution in [0.15, 0.2) is 48.5 Å². The number of benzene rings is 2. The zero-order chi connectivity index (χ0) is 14.8. The van der Waals surface area contributed by atoms with Crippen LogP contribution in [0, 0.1) is 0 Å². The van der Waals surface area contributed by atoms with Gasteiger partial charge in [-0.1, -0.05) is 48.6 Å². The molecule has 0 radical (unpaired) electrons. The van der Waals surface area contributed by atoms with Crippen molar-refractivity contribution in [2.45, 2.75) is 12.3 Å². The minimum atomic E-state index is -0.0612. The molecule has 0 bridgehead atoms. The number of amides is 1. The first-order valence-electron chi connectivity index (χ1n) is 6.91. The Morgan fingerprint density at radius 2 is 1.81 bits per heavy atom. The van der Waals surface area contributed by atoms with Crippen molar-refractivity contribution in [3.63, 3.8) is 0 Å². The molecule has 2 aromatic rings. The molecule has 1 aliphatic rings. The van der Waals surface area contributed by atoms with Gasteiger partial charge in [-0.25, -0.2) is 0 Å². The van der Waals surface area contributed by atoms with E-state index in [1.54, 1.807) is 24.3 Å². The number of nitrogens with two attached hydrogens (primary N) is 1. The molecule has 0 fully saturated rings. The summed E-state index contributed by atoms with van der Waals surface area (Å²) in [7, 11) is 0. The van der Waals surface area contributed by atoms with Gasteiger partial charge in [0.15, 0.2) is 0 Å². The van der Waals surface area contributed by atoms with Crippen molar-refractivity contribution in [3.05, 3.63) is 70.8 Å². The van der Waals surface area contributed by atoms with Gasteiger partial charge in [-0.2, -0.15) is 0 Å². The SMILES string of the molecule is NC(=S)c1ccc(C(=O)NCC2Cc3ccccc32)cc1. The van der Waals surface area contributed by atoms with Crippen LogP contribution in [0.1, 0.15) is 33.0 Å². The third kappa shape index (κ3) is 2.81. The predicted octanol–water partition coefficient (Wildman–Crippen LogP) is 2.39. The quantitative estimate of drug-likeness (QED) is 0.852. The first kappa shape index (κ1) is 13.8. The molecule has 1 unspecified atom stereocenters. The number of carbonyl (C=O) groups is 1. The maximum absolute atomic E-state index is 12.1. The number of fused-ring (bicyclic) bond motifs is 1. The molecular weight excluding hydrogens is 280 g/mol. The van der Waals surface area contributed by atoms with Gasteiger partial charge in [0.25, 0.3) is 5.91 Å². The van der Waals surface area contributed by atoms with Crippen LogP contribution in [-0.4, -0.2) is 17.4 Å². The second kappa shape index (κ2) is 5.66. The summed E-state index contributed by atoms with van der Waals surface area (Å²) >= 11 is 4.89. The van der Waals surface area contributed by atoms with Crippen LogP contribution in [0.4, 0.5) is 0 Å². The number of thiocarbonyl (C=S) groups is 1. The predicted molar refractivity (Wildman–Crippen MR) is 87.5 cm³/mol. The molecular formula is C17H16N2OS. The van der Waals surface area contributed by atoms with Crippen LogP contribution in [0.3, 0.4) is 0 Å². The van der Waals surface area contributed by atoms with E-state index in [2.05, 4.69) is 23.5 Å². The summed E-state index contributed by atoms with van der Waals surface area (Å²) in [5.41, 5.74) is 9.68. The van der Waals surface area contributed by atoms with Crippen molar-refractivity contribution in [3.8, 4) is 0 Å². The van der Waals surface area contributed by atoms with Gasteiger partial charge in [0.05, 0.1) is 0 Å². The van der Waals surface area contributed by atoms with Gasteiger partial charge in [0.1, 0.15) is 4.99 Å². The lowest BCUT2D eigenvalue weighted by Crippen LogP contribution is -2.33. The second-order valence-corrected chi connectivity index (χ2v) is 5.69. The highest BCUT2D eigenvalue weighted by atomic mass is 32.1. The van der Waals surface area contributed by atoms with E-state index in [9.17, 15) is 4.79 Å². The summed E-state index contributed by atoms with van der Waals surface area (Å²) in [6.07, 6.45) is 1.04. The lowest BCUT2D eigenvalue weighted by molar-refractivity contribution is 0.0950. The van der Waals surface area contributed by atoms with E-state index in [0.29, 0.717) is 23.0 Å². The van der Waals surface area contributed by atoms with E-state index < -0.39 is 0 Å². The van der Waals surface area contributed by atoms with Crippen molar-refractivity contribution in [1.29, 1.82) is 0 Å². The van der Waals surface area contributed by atoms with Gasteiger partial charge in [-0.3, -0.25) is 4.79 Å². The summed E-state index contributed by atoms with van der Waals surface area (Å²) in [6.45, 7) is 0.674. The molecule has 0 aromatic heterocycles. The van der Waals surface area contributed by atoms with Gasteiger partial charge < -0.3 is 11.1 Å². The van der Waals surface area contributed by atoms with Crippen LogP contribution in [0.5, 0.6) is 0 Å². The van der Waals surface area contributed by atoms with Crippen molar-refractivity contribution in [2.24, 2.45) is 5.73 Å². The number of hydrogen-bond donors (Lipinski definition) is 2. The second-order valence-electron chi connectivity index (χ2n) is 5.25. The van der Waals surface area contributed by atoms with Gasteiger partial charge in [-0.05, 0) is 29.7 Å². The first-order chi connectivity index (χ1) is 10.1. The highest BCUT2D eigenvalue weighted by Gasteiger charge is 2.25. The zero-order valence-corrected chi connectivity index (χ0v) is 12.3. The molecule has 1 aliphatic carbocycles. The first-order valence-corrected chi connectivity index (χ1v) is 7.32. The Balaban J connectivity index is 1.59. The Morgan fingerprint density at radius 3 is 2.48 bits per heavy atom. The van der Waals surface area contributed by atoms with Gasteiger partial charge in [0, 0.05) is 23.6 Å². The third-order valence-electron chi connectivity index (χ3n) is 3.90. The van der Waals surface area contributed by atoms with Crippen LogP contribution >= 0.6 is 12.2 Å².